The number of ether oxygens (including phenoxy) is 2. The number of piperidine rings is 1. The lowest BCUT2D eigenvalue weighted by Crippen LogP contribution is -2.46. The molecule has 2 amide bonds. The van der Waals surface area contributed by atoms with Crippen LogP contribution >= 0.6 is 0 Å². The van der Waals surface area contributed by atoms with Gasteiger partial charge in [0.2, 0.25) is 5.91 Å². The van der Waals surface area contributed by atoms with E-state index < -0.39 is 11.9 Å². The van der Waals surface area contributed by atoms with Crippen molar-refractivity contribution in [3.63, 3.8) is 0 Å². The highest BCUT2D eigenvalue weighted by atomic mass is 19.4. The van der Waals surface area contributed by atoms with E-state index in [1.54, 1.807) is 23.1 Å². The van der Waals surface area contributed by atoms with Crippen LogP contribution in [0.1, 0.15) is 48.2 Å². The van der Waals surface area contributed by atoms with Crippen molar-refractivity contribution < 1.29 is 32.2 Å². The number of para-hydroxylation sites is 1. The maximum absolute atomic E-state index is 12.8. The second kappa shape index (κ2) is 11.3. The number of hydrogen-bond donors (Lipinski definition) is 1. The van der Waals surface area contributed by atoms with Gasteiger partial charge in [-0.25, -0.2) is 0 Å². The standard InChI is InChI=1S/C25H31F3N4O4/c26-25(27,28)21-7-12-32(30-21)17-22(33)31-13-9-24(10-14-31)8-3-4-15-35-16-11-29-23(34)19-5-1-2-6-20(19)36-18-24/h1-2,5-7,12H,3-4,8-11,13-18H2,(H,29,34). The summed E-state index contributed by atoms with van der Waals surface area (Å²) in [6.07, 6.45) is 0.743. The summed E-state index contributed by atoms with van der Waals surface area (Å²) < 4.78 is 51.3. The van der Waals surface area contributed by atoms with E-state index in [2.05, 4.69) is 10.4 Å². The van der Waals surface area contributed by atoms with Gasteiger partial charge in [-0.05, 0) is 43.9 Å². The number of amides is 2. The van der Waals surface area contributed by atoms with Gasteiger partial charge in [0, 0.05) is 37.9 Å². The molecule has 2 aliphatic rings. The van der Waals surface area contributed by atoms with Crippen molar-refractivity contribution in [1.82, 2.24) is 20.0 Å². The molecule has 0 bridgehead atoms. The molecule has 1 aromatic heterocycles. The van der Waals surface area contributed by atoms with Crippen molar-refractivity contribution in [3.05, 3.63) is 47.8 Å². The minimum Gasteiger partial charge on any atom is -0.492 e. The fraction of sp³-hybridized carbons (Fsp3) is 0.560. The molecule has 0 aliphatic carbocycles. The number of benzene rings is 1. The number of alkyl halides is 3. The summed E-state index contributed by atoms with van der Waals surface area (Å²) >= 11 is 0. The Morgan fingerprint density at radius 3 is 2.61 bits per heavy atom. The summed E-state index contributed by atoms with van der Waals surface area (Å²) in [5.41, 5.74) is -0.725. The van der Waals surface area contributed by atoms with Crippen LogP contribution in [0, 0.1) is 5.41 Å². The number of carbonyl (C=O) groups excluding carboxylic acids is 2. The number of carbonyl (C=O) groups is 2. The summed E-state index contributed by atoms with van der Waals surface area (Å²) in [7, 11) is 0. The van der Waals surface area contributed by atoms with Crippen molar-refractivity contribution in [1.29, 1.82) is 0 Å². The zero-order valence-electron chi connectivity index (χ0n) is 20.1. The number of nitrogens with one attached hydrogen (secondary N) is 1. The monoisotopic (exact) mass is 508 g/mol. The molecule has 8 nitrogen and oxygen atoms in total. The average molecular weight is 509 g/mol. The summed E-state index contributed by atoms with van der Waals surface area (Å²) in [6, 6.07) is 7.99. The Kier molecular flexibility index (Phi) is 8.17. The average Bonchev–Trinajstić information content (AvgIpc) is 3.34. The molecule has 1 fully saturated rings. The molecule has 1 saturated heterocycles. The third-order valence-electron chi connectivity index (χ3n) is 6.85. The van der Waals surface area contributed by atoms with Gasteiger partial charge in [0.15, 0.2) is 5.69 Å². The number of rotatable bonds is 2. The van der Waals surface area contributed by atoms with E-state index in [1.807, 2.05) is 6.07 Å². The van der Waals surface area contributed by atoms with Crippen LogP contribution in [0.25, 0.3) is 0 Å². The largest absolute Gasteiger partial charge is 0.492 e. The second-order valence-electron chi connectivity index (χ2n) is 9.39. The predicted octanol–water partition coefficient (Wildman–Crippen LogP) is 3.52. The fourth-order valence-corrected chi connectivity index (χ4v) is 4.69. The van der Waals surface area contributed by atoms with E-state index in [-0.39, 0.29) is 23.8 Å². The van der Waals surface area contributed by atoms with Crippen LogP contribution < -0.4 is 10.1 Å². The minimum absolute atomic E-state index is 0.181. The maximum Gasteiger partial charge on any atom is 0.435 e. The Morgan fingerprint density at radius 1 is 1.08 bits per heavy atom. The number of halogens is 3. The van der Waals surface area contributed by atoms with E-state index in [4.69, 9.17) is 9.47 Å². The second-order valence-corrected chi connectivity index (χ2v) is 9.39. The van der Waals surface area contributed by atoms with Crippen molar-refractivity contribution >= 4 is 11.8 Å². The molecule has 1 N–H and O–H groups in total. The SMILES string of the molecule is O=C1NCCOCCCCC2(CCN(C(=O)Cn3ccc(C(F)(F)F)n3)CC2)COc2ccccc21. The molecule has 0 saturated carbocycles. The van der Waals surface area contributed by atoms with Gasteiger partial charge in [-0.1, -0.05) is 18.6 Å². The number of hydrogen-bond acceptors (Lipinski definition) is 5. The highest BCUT2D eigenvalue weighted by molar-refractivity contribution is 5.96. The lowest BCUT2D eigenvalue weighted by molar-refractivity contribution is -0.142. The first kappa shape index (κ1) is 26.0. The van der Waals surface area contributed by atoms with Gasteiger partial charge >= 0.3 is 6.18 Å². The van der Waals surface area contributed by atoms with Gasteiger partial charge in [0.25, 0.3) is 5.91 Å². The lowest BCUT2D eigenvalue weighted by atomic mass is 9.75. The first-order chi connectivity index (χ1) is 17.3. The quantitative estimate of drug-likeness (QED) is 0.671. The molecule has 4 rings (SSSR count). The smallest absolute Gasteiger partial charge is 0.435 e. The zero-order chi connectivity index (χ0) is 25.6. The van der Waals surface area contributed by atoms with Crippen molar-refractivity contribution in [2.45, 2.75) is 44.8 Å². The van der Waals surface area contributed by atoms with Crippen LogP contribution in [0.15, 0.2) is 36.5 Å². The van der Waals surface area contributed by atoms with Gasteiger partial charge in [-0.3, -0.25) is 14.3 Å². The van der Waals surface area contributed by atoms with E-state index in [1.165, 1.54) is 6.20 Å². The van der Waals surface area contributed by atoms with Crippen LogP contribution in [0.3, 0.4) is 0 Å². The molecular weight excluding hydrogens is 477 g/mol. The van der Waals surface area contributed by atoms with Gasteiger partial charge in [0.05, 0.1) is 18.8 Å². The van der Waals surface area contributed by atoms with E-state index in [9.17, 15) is 22.8 Å². The van der Waals surface area contributed by atoms with Gasteiger partial charge < -0.3 is 19.7 Å². The van der Waals surface area contributed by atoms with Crippen molar-refractivity contribution in [2.24, 2.45) is 5.41 Å². The Hall–Kier alpha value is -3.08. The van der Waals surface area contributed by atoms with Gasteiger partial charge in [-0.2, -0.15) is 18.3 Å². The normalized spacial score (nSPS) is 19.6. The Balaban J connectivity index is 1.41. The minimum atomic E-state index is -4.54. The highest BCUT2D eigenvalue weighted by Gasteiger charge is 2.37. The van der Waals surface area contributed by atoms with Crippen molar-refractivity contribution in [3.8, 4) is 5.75 Å². The third kappa shape index (κ3) is 6.57. The predicted molar refractivity (Wildman–Crippen MR) is 124 cm³/mol. The van der Waals surface area contributed by atoms with Crippen LogP contribution in [0.4, 0.5) is 13.2 Å². The summed E-state index contributed by atoms with van der Waals surface area (Å²) in [4.78, 5) is 27.1. The molecule has 1 spiro atoms. The Morgan fingerprint density at radius 2 is 1.86 bits per heavy atom. The molecule has 2 aromatic rings. The third-order valence-corrected chi connectivity index (χ3v) is 6.85. The van der Waals surface area contributed by atoms with Crippen molar-refractivity contribution in [2.75, 3.05) is 39.5 Å². The first-order valence-corrected chi connectivity index (χ1v) is 12.2. The van der Waals surface area contributed by atoms with E-state index in [0.29, 0.717) is 63.6 Å². The first-order valence-electron chi connectivity index (χ1n) is 12.2. The van der Waals surface area contributed by atoms with Crippen LogP contribution in [0.5, 0.6) is 5.75 Å². The number of fused-ring (bicyclic) bond motifs is 1. The van der Waals surface area contributed by atoms with E-state index >= 15 is 0 Å². The molecule has 3 heterocycles. The molecular formula is C25H31F3N4O4. The summed E-state index contributed by atoms with van der Waals surface area (Å²) in [5, 5.41) is 6.33. The zero-order valence-corrected chi connectivity index (χ0v) is 20.1. The molecule has 0 unspecified atom stereocenters. The Bertz CT molecular complexity index is 1050. The van der Waals surface area contributed by atoms with Crippen LogP contribution in [-0.4, -0.2) is 65.9 Å². The van der Waals surface area contributed by atoms with Crippen LogP contribution in [0.2, 0.25) is 0 Å². The molecule has 196 valence electrons. The topological polar surface area (TPSA) is 85.7 Å². The fourth-order valence-electron chi connectivity index (χ4n) is 4.69. The molecule has 0 radical (unpaired) electrons. The Labute approximate surface area is 207 Å². The maximum atomic E-state index is 12.8. The molecule has 11 heteroatoms. The van der Waals surface area contributed by atoms with E-state index in [0.717, 1.165) is 30.0 Å². The lowest BCUT2D eigenvalue weighted by Gasteiger charge is -2.42. The molecule has 36 heavy (non-hydrogen) atoms. The van der Waals surface area contributed by atoms with Crippen LogP contribution in [-0.2, 0) is 22.3 Å². The molecule has 0 atom stereocenters. The molecule has 2 aliphatic heterocycles. The highest BCUT2D eigenvalue weighted by Crippen LogP contribution is 2.38. The van der Waals surface area contributed by atoms with Gasteiger partial charge in [-0.15, -0.1) is 0 Å². The number of aromatic nitrogens is 2. The summed E-state index contributed by atoms with van der Waals surface area (Å²) in [5.74, 6) is 0.0388. The van der Waals surface area contributed by atoms with Gasteiger partial charge in [0.1, 0.15) is 12.3 Å². The number of nitrogens with zero attached hydrogens (tertiary/aromatic N) is 3. The molecule has 1 aromatic carbocycles. The summed E-state index contributed by atoms with van der Waals surface area (Å²) in [6.45, 7) is 2.61. The number of likely N-dealkylation sites (tertiary alicyclic amines) is 1.